The number of nitrogens with zero attached hydrogens (tertiary/aromatic N) is 1. The summed E-state index contributed by atoms with van der Waals surface area (Å²) in [5.74, 6) is -0.599. The first-order valence-corrected chi connectivity index (χ1v) is 9.80. The molecule has 0 aliphatic heterocycles. The van der Waals surface area contributed by atoms with Gasteiger partial charge in [0, 0.05) is 22.2 Å². The molecule has 0 spiro atoms. The fraction of sp³-hybridized carbons (Fsp3) is 0.0455. The van der Waals surface area contributed by atoms with Crippen molar-refractivity contribution in [3.63, 3.8) is 0 Å². The highest BCUT2D eigenvalue weighted by Crippen LogP contribution is 2.29. The number of carbonyl (C=O) groups excluding carboxylic acids is 2. The summed E-state index contributed by atoms with van der Waals surface area (Å²) in [6.45, 7) is -0.154. The molecule has 2 aromatic heterocycles. The summed E-state index contributed by atoms with van der Waals surface area (Å²) >= 11 is 1.57. The van der Waals surface area contributed by atoms with E-state index in [4.69, 9.17) is 9.40 Å². The van der Waals surface area contributed by atoms with Crippen molar-refractivity contribution in [1.29, 1.82) is 0 Å². The van der Waals surface area contributed by atoms with Crippen molar-refractivity contribution >= 4 is 28.8 Å². The fourth-order valence-electron chi connectivity index (χ4n) is 2.74. The quantitative estimate of drug-likeness (QED) is 0.499. The summed E-state index contributed by atoms with van der Waals surface area (Å²) in [4.78, 5) is 28.7. The maximum Gasteiger partial charge on any atom is 0.287 e. The molecule has 6 nitrogen and oxygen atoms in total. The van der Waals surface area contributed by atoms with Gasteiger partial charge in [0.15, 0.2) is 5.76 Å². The van der Waals surface area contributed by atoms with Crippen LogP contribution in [0.4, 0.5) is 5.69 Å². The summed E-state index contributed by atoms with van der Waals surface area (Å²) in [6.07, 6.45) is 1.40. The number of hydrogen-bond acceptors (Lipinski definition) is 5. The SMILES string of the molecule is O=C(CNC(=O)c1ccco1)Nc1cccc(-c2csc(-c3ccccc3)n2)c1. The van der Waals surface area contributed by atoms with Gasteiger partial charge in [-0.1, -0.05) is 42.5 Å². The normalized spacial score (nSPS) is 10.5. The molecule has 4 aromatic rings. The van der Waals surface area contributed by atoms with E-state index in [0.717, 1.165) is 21.8 Å². The molecule has 144 valence electrons. The topological polar surface area (TPSA) is 84.2 Å². The number of aromatic nitrogens is 1. The molecule has 0 atom stereocenters. The third-order valence-electron chi connectivity index (χ3n) is 4.12. The van der Waals surface area contributed by atoms with Crippen molar-refractivity contribution in [3.05, 3.63) is 84.1 Å². The Bertz CT molecular complexity index is 1120. The smallest absolute Gasteiger partial charge is 0.287 e. The molecular weight excluding hydrogens is 386 g/mol. The number of hydrogen-bond donors (Lipinski definition) is 2. The molecule has 4 rings (SSSR count). The standard InChI is InChI=1S/C22H17N3O3S/c26-20(13-23-21(27)19-10-5-11-28-19)24-17-9-4-8-16(12-17)18-14-29-22(25-18)15-6-2-1-3-7-15/h1-12,14H,13H2,(H,23,27)(H,24,26). The van der Waals surface area contributed by atoms with E-state index >= 15 is 0 Å². The van der Waals surface area contributed by atoms with Crippen LogP contribution in [0.15, 0.2) is 82.8 Å². The first kappa shape index (κ1) is 18.6. The number of anilines is 1. The average molecular weight is 403 g/mol. The third kappa shape index (κ3) is 4.59. The van der Waals surface area contributed by atoms with E-state index in [2.05, 4.69) is 10.6 Å². The second-order valence-electron chi connectivity index (χ2n) is 6.19. The minimum Gasteiger partial charge on any atom is -0.459 e. The van der Waals surface area contributed by atoms with Crippen molar-refractivity contribution < 1.29 is 14.0 Å². The van der Waals surface area contributed by atoms with E-state index in [-0.39, 0.29) is 18.2 Å². The van der Waals surface area contributed by atoms with Crippen LogP contribution in [-0.2, 0) is 4.79 Å². The van der Waals surface area contributed by atoms with Gasteiger partial charge in [-0.3, -0.25) is 9.59 Å². The summed E-state index contributed by atoms with van der Waals surface area (Å²) in [6, 6.07) is 20.6. The molecular formula is C22H17N3O3S. The predicted molar refractivity (Wildman–Crippen MR) is 113 cm³/mol. The van der Waals surface area contributed by atoms with Gasteiger partial charge < -0.3 is 15.1 Å². The van der Waals surface area contributed by atoms with Crippen LogP contribution in [0.1, 0.15) is 10.6 Å². The molecule has 0 saturated heterocycles. The Morgan fingerprint density at radius 1 is 0.966 bits per heavy atom. The predicted octanol–water partition coefficient (Wildman–Crippen LogP) is 4.44. The minimum atomic E-state index is -0.435. The maximum absolute atomic E-state index is 12.2. The molecule has 0 saturated carbocycles. The van der Waals surface area contributed by atoms with E-state index in [1.807, 2.05) is 53.9 Å². The molecule has 0 unspecified atom stereocenters. The first-order valence-electron chi connectivity index (χ1n) is 8.92. The molecule has 2 N–H and O–H groups in total. The van der Waals surface area contributed by atoms with Gasteiger partial charge in [-0.2, -0.15) is 0 Å². The lowest BCUT2D eigenvalue weighted by atomic mass is 10.1. The lowest BCUT2D eigenvalue weighted by Crippen LogP contribution is -2.32. The Labute approximate surface area is 171 Å². The van der Waals surface area contributed by atoms with Crippen LogP contribution in [0.5, 0.6) is 0 Å². The van der Waals surface area contributed by atoms with Crippen molar-refractivity contribution in [3.8, 4) is 21.8 Å². The zero-order chi connectivity index (χ0) is 20.1. The Morgan fingerprint density at radius 2 is 1.79 bits per heavy atom. The number of rotatable bonds is 6. The number of nitrogens with one attached hydrogen (secondary N) is 2. The Hall–Kier alpha value is -3.71. The van der Waals surface area contributed by atoms with Crippen LogP contribution in [0.3, 0.4) is 0 Å². The van der Waals surface area contributed by atoms with Gasteiger partial charge in [-0.15, -0.1) is 11.3 Å². The van der Waals surface area contributed by atoms with Gasteiger partial charge in [-0.05, 0) is 24.3 Å². The Balaban J connectivity index is 1.40. The van der Waals surface area contributed by atoms with E-state index in [1.165, 1.54) is 12.3 Å². The summed E-state index contributed by atoms with van der Waals surface area (Å²) in [7, 11) is 0. The molecule has 2 amide bonds. The van der Waals surface area contributed by atoms with Crippen LogP contribution < -0.4 is 10.6 Å². The molecule has 2 heterocycles. The number of thiazole rings is 1. The summed E-state index contributed by atoms with van der Waals surface area (Å²) in [5.41, 5.74) is 3.45. The molecule has 0 fully saturated rings. The molecule has 0 aliphatic carbocycles. The van der Waals surface area contributed by atoms with Crippen molar-refractivity contribution in [2.45, 2.75) is 0 Å². The Kier molecular flexibility index (Phi) is 5.49. The van der Waals surface area contributed by atoms with E-state index in [9.17, 15) is 9.59 Å². The lowest BCUT2D eigenvalue weighted by molar-refractivity contribution is -0.115. The molecule has 29 heavy (non-hydrogen) atoms. The van der Waals surface area contributed by atoms with Crippen LogP contribution in [-0.4, -0.2) is 23.3 Å². The van der Waals surface area contributed by atoms with E-state index < -0.39 is 5.91 Å². The van der Waals surface area contributed by atoms with Gasteiger partial charge in [0.25, 0.3) is 5.91 Å². The average Bonchev–Trinajstić information content (AvgIpc) is 3.45. The number of carbonyl (C=O) groups is 2. The Morgan fingerprint density at radius 3 is 2.59 bits per heavy atom. The zero-order valence-electron chi connectivity index (χ0n) is 15.3. The van der Waals surface area contributed by atoms with Crippen molar-refractivity contribution in [2.75, 3.05) is 11.9 Å². The number of amides is 2. The lowest BCUT2D eigenvalue weighted by Gasteiger charge is -2.07. The second kappa shape index (κ2) is 8.53. The zero-order valence-corrected chi connectivity index (χ0v) is 16.1. The third-order valence-corrected chi connectivity index (χ3v) is 5.01. The van der Waals surface area contributed by atoms with Crippen molar-refractivity contribution in [1.82, 2.24) is 10.3 Å². The minimum absolute atomic E-state index is 0.154. The van der Waals surface area contributed by atoms with Crippen molar-refractivity contribution in [2.24, 2.45) is 0 Å². The molecule has 0 bridgehead atoms. The summed E-state index contributed by atoms with van der Waals surface area (Å²) < 4.78 is 4.99. The molecule has 0 radical (unpaired) electrons. The number of furan rings is 1. The van der Waals surface area contributed by atoms with Gasteiger partial charge in [0.05, 0.1) is 18.5 Å². The highest BCUT2D eigenvalue weighted by Gasteiger charge is 2.11. The number of benzene rings is 2. The summed E-state index contributed by atoms with van der Waals surface area (Å²) in [5, 5.41) is 8.23. The second-order valence-corrected chi connectivity index (χ2v) is 7.05. The van der Waals surface area contributed by atoms with E-state index in [1.54, 1.807) is 23.5 Å². The maximum atomic E-state index is 12.2. The van der Waals surface area contributed by atoms with Gasteiger partial charge in [0.2, 0.25) is 5.91 Å². The molecule has 2 aromatic carbocycles. The highest BCUT2D eigenvalue weighted by atomic mass is 32.1. The van der Waals surface area contributed by atoms with E-state index in [0.29, 0.717) is 5.69 Å². The van der Waals surface area contributed by atoms with Crippen LogP contribution >= 0.6 is 11.3 Å². The van der Waals surface area contributed by atoms with Crippen LogP contribution in [0, 0.1) is 0 Å². The first-order chi connectivity index (χ1) is 14.2. The monoisotopic (exact) mass is 403 g/mol. The van der Waals surface area contributed by atoms with Crippen LogP contribution in [0.2, 0.25) is 0 Å². The van der Waals surface area contributed by atoms with Crippen LogP contribution in [0.25, 0.3) is 21.8 Å². The van der Waals surface area contributed by atoms with Gasteiger partial charge in [0.1, 0.15) is 5.01 Å². The van der Waals surface area contributed by atoms with Gasteiger partial charge >= 0.3 is 0 Å². The van der Waals surface area contributed by atoms with Gasteiger partial charge in [-0.25, -0.2) is 4.98 Å². The highest BCUT2D eigenvalue weighted by molar-refractivity contribution is 7.13. The molecule has 0 aliphatic rings. The molecule has 7 heteroatoms. The largest absolute Gasteiger partial charge is 0.459 e. The fourth-order valence-corrected chi connectivity index (χ4v) is 3.57.